The Hall–Kier alpha value is -2.59. The second kappa shape index (κ2) is 18.7. The number of nitrogens with zero attached hydrogens (tertiary/aromatic N) is 1. The lowest BCUT2D eigenvalue weighted by Crippen LogP contribution is -2.56. The molecule has 1 aliphatic heterocycles. The summed E-state index contributed by atoms with van der Waals surface area (Å²) in [5.41, 5.74) is 0.888. The fourth-order valence-corrected chi connectivity index (χ4v) is 5.86. The molecule has 0 aliphatic carbocycles. The third kappa shape index (κ3) is 11.1. The molecule has 0 spiro atoms. The van der Waals surface area contributed by atoms with Crippen LogP contribution in [-0.2, 0) is 35.1 Å². The molecule has 10 heteroatoms. The van der Waals surface area contributed by atoms with Crippen LogP contribution in [0, 0.1) is 0 Å². The Morgan fingerprint density at radius 2 is 1.75 bits per heavy atom. The monoisotopic (exact) mass is 577 g/mol. The van der Waals surface area contributed by atoms with Gasteiger partial charge >= 0.3 is 11.9 Å². The third-order valence-corrected chi connectivity index (χ3v) is 8.14. The highest BCUT2D eigenvalue weighted by Gasteiger charge is 2.38. The lowest BCUT2D eigenvalue weighted by Gasteiger charge is -2.29. The number of benzene rings is 1. The average molecular weight is 578 g/mol. The van der Waals surface area contributed by atoms with Crippen molar-refractivity contribution >= 4 is 35.5 Å². The van der Waals surface area contributed by atoms with Crippen molar-refractivity contribution in [1.29, 1.82) is 0 Å². The predicted octanol–water partition coefficient (Wildman–Crippen LogP) is 3.49. The first-order valence-corrected chi connectivity index (χ1v) is 15.7. The van der Waals surface area contributed by atoms with Crippen molar-refractivity contribution in [2.75, 3.05) is 31.8 Å². The standard InChI is InChI=1S/C30H47N3O6S/c1-5-7-8-9-13-19-40-21-25(30(37)39-6-2)31-22(3)28(35)33-18-14-17-26(33)27(34)32-24(29(36)38-4)20-23-15-11-10-12-16-23/h10-12,15-16,22,24-26,31H,5-9,13-14,17-21H2,1-4H3,(H,32,34)/t22?,24-,25-,26-/m0/s1. The molecule has 0 bridgehead atoms. The Morgan fingerprint density at radius 1 is 1.02 bits per heavy atom. The normalized spacial score (nSPS) is 17.1. The van der Waals surface area contributed by atoms with Gasteiger partial charge in [-0.3, -0.25) is 19.7 Å². The second-order valence-corrected chi connectivity index (χ2v) is 11.3. The maximum absolute atomic E-state index is 13.5. The summed E-state index contributed by atoms with van der Waals surface area (Å²) in [6.45, 7) is 6.36. The molecule has 2 N–H and O–H groups in total. The summed E-state index contributed by atoms with van der Waals surface area (Å²) < 4.78 is 10.2. The number of amides is 2. The van der Waals surface area contributed by atoms with Crippen LogP contribution in [0.3, 0.4) is 0 Å². The van der Waals surface area contributed by atoms with E-state index in [1.807, 2.05) is 30.3 Å². The summed E-state index contributed by atoms with van der Waals surface area (Å²) in [5.74, 6) is -0.0999. The molecule has 224 valence electrons. The topological polar surface area (TPSA) is 114 Å². The van der Waals surface area contributed by atoms with Gasteiger partial charge in [0.1, 0.15) is 18.1 Å². The van der Waals surface area contributed by atoms with E-state index < -0.39 is 30.1 Å². The highest BCUT2D eigenvalue weighted by Crippen LogP contribution is 2.20. The van der Waals surface area contributed by atoms with E-state index in [0.717, 1.165) is 17.7 Å². The fraction of sp³-hybridized carbons (Fsp3) is 0.667. The number of carbonyl (C=O) groups is 4. The number of rotatable bonds is 18. The molecule has 9 nitrogen and oxygen atoms in total. The van der Waals surface area contributed by atoms with Crippen molar-refractivity contribution in [3.05, 3.63) is 35.9 Å². The minimum absolute atomic E-state index is 0.255. The first-order valence-electron chi connectivity index (χ1n) is 14.5. The smallest absolute Gasteiger partial charge is 0.328 e. The molecule has 1 aromatic carbocycles. The van der Waals surface area contributed by atoms with Gasteiger partial charge in [0.05, 0.1) is 19.8 Å². The van der Waals surface area contributed by atoms with E-state index in [1.165, 1.54) is 32.8 Å². The molecule has 0 radical (unpaired) electrons. The van der Waals surface area contributed by atoms with Gasteiger partial charge in [0.15, 0.2) is 0 Å². The van der Waals surface area contributed by atoms with Crippen LogP contribution in [0.5, 0.6) is 0 Å². The van der Waals surface area contributed by atoms with Crippen molar-refractivity contribution < 1.29 is 28.7 Å². The Kier molecular flexibility index (Phi) is 15.7. The van der Waals surface area contributed by atoms with E-state index in [9.17, 15) is 19.2 Å². The number of esters is 2. The number of carbonyl (C=O) groups excluding carboxylic acids is 4. The van der Waals surface area contributed by atoms with Crippen molar-refractivity contribution in [2.24, 2.45) is 0 Å². The van der Waals surface area contributed by atoms with E-state index in [1.54, 1.807) is 30.5 Å². The first-order chi connectivity index (χ1) is 19.3. The van der Waals surface area contributed by atoms with Gasteiger partial charge in [-0.05, 0) is 44.4 Å². The zero-order valence-corrected chi connectivity index (χ0v) is 25.3. The maximum Gasteiger partial charge on any atom is 0.328 e. The number of nitrogens with one attached hydrogen (secondary N) is 2. The lowest BCUT2D eigenvalue weighted by molar-refractivity contribution is -0.147. The minimum atomic E-state index is -0.861. The molecule has 40 heavy (non-hydrogen) atoms. The van der Waals surface area contributed by atoms with E-state index >= 15 is 0 Å². The highest BCUT2D eigenvalue weighted by atomic mass is 32.2. The van der Waals surface area contributed by atoms with E-state index in [4.69, 9.17) is 9.47 Å². The summed E-state index contributed by atoms with van der Waals surface area (Å²) in [6.07, 6.45) is 7.39. The number of thioether (sulfide) groups is 1. The molecule has 1 heterocycles. The molecule has 2 rings (SSSR count). The predicted molar refractivity (Wildman–Crippen MR) is 158 cm³/mol. The molecule has 0 aromatic heterocycles. The van der Waals surface area contributed by atoms with Crippen LogP contribution in [0.2, 0.25) is 0 Å². The quantitative estimate of drug-likeness (QED) is 0.201. The Morgan fingerprint density at radius 3 is 2.42 bits per heavy atom. The number of likely N-dealkylation sites (tertiary alicyclic amines) is 1. The zero-order chi connectivity index (χ0) is 29.3. The van der Waals surface area contributed by atoms with Crippen molar-refractivity contribution in [3.63, 3.8) is 0 Å². The van der Waals surface area contributed by atoms with Gasteiger partial charge in [0.25, 0.3) is 0 Å². The van der Waals surface area contributed by atoms with Crippen LogP contribution in [0.1, 0.15) is 71.3 Å². The Labute approximate surface area is 243 Å². The van der Waals surface area contributed by atoms with Crippen LogP contribution in [-0.4, -0.2) is 84.6 Å². The largest absolute Gasteiger partial charge is 0.467 e. The van der Waals surface area contributed by atoms with Gasteiger partial charge in [0, 0.05) is 18.7 Å². The van der Waals surface area contributed by atoms with Gasteiger partial charge in [-0.15, -0.1) is 0 Å². The number of methoxy groups -OCH3 is 1. The fourth-order valence-electron chi connectivity index (χ4n) is 4.81. The lowest BCUT2D eigenvalue weighted by atomic mass is 10.1. The number of ether oxygens (including phenoxy) is 2. The first kappa shape index (κ1) is 33.6. The summed E-state index contributed by atoms with van der Waals surface area (Å²) in [7, 11) is 1.29. The summed E-state index contributed by atoms with van der Waals surface area (Å²) in [6, 6.07) is 6.51. The second-order valence-electron chi connectivity index (χ2n) is 10.1. The third-order valence-electron chi connectivity index (χ3n) is 6.99. The van der Waals surface area contributed by atoms with Gasteiger partial charge in [-0.25, -0.2) is 4.79 Å². The summed E-state index contributed by atoms with van der Waals surface area (Å²) in [5, 5.41) is 5.96. The van der Waals surface area contributed by atoms with E-state index in [-0.39, 0.29) is 30.8 Å². The van der Waals surface area contributed by atoms with E-state index in [2.05, 4.69) is 17.6 Å². The molecule has 0 saturated carbocycles. The molecular weight excluding hydrogens is 530 g/mol. The average Bonchev–Trinajstić information content (AvgIpc) is 3.45. The highest BCUT2D eigenvalue weighted by molar-refractivity contribution is 7.99. The molecule has 1 fully saturated rings. The Balaban J connectivity index is 1.98. The number of hydrogen-bond acceptors (Lipinski definition) is 8. The summed E-state index contributed by atoms with van der Waals surface area (Å²) in [4.78, 5) is 53.3. The van der Waals surface area contributed by atoms with Crippen molar-refractivity contribution in [2.45, 2.75) is 96.3 Å². The van der Waals surface area contributed by atoms with Gasteiger partial charge in [-0.1, -0.05) is 62.9 Å². The van der Waals surface area contributed by atoms with Crippen LogP contribution < -0.4 is 10.6 Å². The van der Waals surface area contributed by atoms with Crippen molar-refractivity contribution in [1.82, 2.24) is 15.5 Å². The Bertz CT molecular complexity index is 931. The molecule has 4 atom stereocenters. The molecule has 2 amide bonds. The number of unbranched alkanes of at least 4 members (excludes halogenated alkanes) is 4. The molecule has 1 aliphatic rings. The van der Waals surface area contributed by atoms with Gasteiger partial charge in [0.2, 0.25) is 11.8 Å². The minimum Gasteiger partial charge on any atom is -0.467 e. The van der Waals surface area contributed by atoms with Crippen molar-refractivity contribution in [3.8, 4) is 0 Å². The van der Waals surface area contributed by atoms with Crippen LogP contribution >= 0.6 is 11.8 Å². The summed E-state index contributed by atoms with van der Waals surface area (Å²) >= 11 is 1.68. The van der Waals surface area contributed by atoms with Crippen LogP contribution in [0.15, 0.2) is 30.3 Å². The van der Waals surface area contributed by atoms with Crippen LogP contribution in [0.4, 0.5) is 0 Å². The molecule has 1 aromatic rings. The number of hydrogen-bond donors (Lipinski definition) is 2. The SMILES string of the molecule is CCCCCCCSC[C@H](NC(C)C(=O)N1CCC[C@H]1C(=O)N[C@@H](Cc1ccccc1)C(=O)OC)C(=O)OCC. The molecule has 1 saturated heterocycles. The molecule has 1 unspecified atom stereocenters. The van der Waals surface area contributed by atoms with E-state index in [0.29, 0.717) is 25.1 Å². The molecular formula is C30H47N3O6S. The zero-order valence-electron chi connectivity index (χ0n) is 24.5. The van der Waals surface area contributed by atoms with Gasteiger partial charge < -0.3 is 19.7 Å². The van der Waals surface area contributed by atoms with Gasteiger partial charge in [-0.2, -0.15) is 11.8 Å². The van der Waals surface area contributed by atoms with Crippen LogP contribution in [0.25, 0.3) is 0 Å². The maximum atomic E-state index is 13.5.